The van der Waals surface area contributed by atoms with Gasteiger partial charge in [-0.05, 0) is 31.4 Å². The largest absolute Gasteiger partial charge is 0.382 e. The quantitative estimate of drug-likeness (QED) is 0.0735. The van der Waals surface area contributed by atoms with Crippen molar-refractivity contribution in [2.45, 2.75) is 50.5 Å². The number of aliphatic hydroxyl groups excluding tert-OH is 1. The Kier molecular flexibility index (Phi) is 11.1. The number of pyridine rings is 2. The number of amides is 3. The number of ether oxygens (including phenoxy) is 3. The summed E-state index contributed by atoms with van der Waals surface area (Å²) in [6, 6.07) is 10.4. The lowest BCUT2D eigenvalue weighted by Crippen LogP contribution is -2.53. The minimum atomic E-state index is -1.28. The lowest BCUT2D eigenvalue weighted by atomic mass is 10.0. The maximum atomic E-state index is 13.3. The summed E-state index contributed by atoms with van der Waals surface area (Å²) in [5.41, 5.74) is 4.68. The van der Waals surface area contributed by atoms with E-state index in [9.17, 15) is 24.8 Å². The molecule has 6 heterocycles. The number of anilines is 2. The molecule has 1 aromatic carbocycles. The van der Waals surface area contributed by atoms with Crippen molar-refractivity contribution >= 4 is 40.1 Å². The Hall–Kier alpha value is -6.33. The summed E-state index contributed by atoms with van der Waals surface area (Å²) in [5, 5.41) is 43.0. The van der Waals surface area contributed by atoms with Crippen LogP contribution >= 0.6 is 0 Å². The van der Waals surface area contributed by atoms with Gasteiger partial charge < -0.3 is 30.0 Å². The van der Waals surface area contributed by atoms with Gasteiger partial charge in [-0.25, -0.2) is 14.6 Å². The minimum Gasteiger partial charge on any atom is -0.382 e. The first-order valence-corrected chi connectivity index (χ1v) is 18.7. The highest BCUT2D eigenvalue weighted by Gasteiger charge is 2.45. The molecule has 57 heavy (non-hydrogen) atoms. The maximum Gasteiger partial charge on any atom is 0.259 e. The van der Waals surface area contributed by atoms with Crippen molar-refractivity contribution in [3.8, 4) is 23.1 Å². The predicted octanol–water partition coefficient (Wildman–Crippen LogP) is 1.93. The van der Waals surface area contributed by atoms with Gasteiger partial charge in [0.2, 0.25) is 11.8 Å². The van der Waals surface area contributed by atoms with E-state index in [1.807, 2.05) is 12.3 Å². The van der Waals surface area contributed by atoms with Crippen molar-refractivity contribution in [2.24, 2.45) is 0 Å². The van der Waals surface area contributed by atoms with Crippen molar-refractivity contribution in [1.29, 1.82) is 5.26 Å². The van der Waals surface area contributed by atoms with Crippen LogP contribution in [0.1, 0.15) is 53.4 Å². The summed E-state index contributed by atoms with van der Waals surface area (Å²) in [6.45, 7) is 3.19. The molecule has 5 aromatic rings. The van der Waals surface area contributed by atoms with Crippen LogP contribution in [0.25, 0.3) is 28.1 Å². The maximum absolute atomic E-state index is 13.3. The molecule has 0 radical (unpaired) electrons. The fourth-order valence-corrected chi connectivity index (χ4v) is 6.79. The molecule has 2 unspecified atom stereocenters. The van der Waals surface area contributed by atoms with Crippen LogP contribution in [0.3, 0.4) is 0 Å². The first-order chi connectivity index (χ1) is 27.9. The van der Waals surface area contributed by atoms with Crippen LogP contribution in [0.2, 0.25) is 0 Å². The van der Waals surface area contributed by atoms with E-state index in [-0.39, 0.29) is 12.8 Å². The second-order valence-corrected chi connectivity index (χ2v) is 13.8. The Morgan fingerprint density at radius 3 is 2.54 bits per heavy atom. The number of aromatic nitrogens is 7. The van der Waals surface area contributed by atoms with Gasteiger partial charge in [0.1, 0.15) is 17.8 Å². The number of hydrogen-bond acceptors (Lipinski definition) is 15. The molecule has 1 saturated carbocycles. The van der Waals surface area contributed by atoms with Crippen LogP contribution in [0.15, 0.2) is 55.1 Å². The van der Waals surface area contributed by atoms with Crippen molar-refractivity contribution in [3.63, 3.8) is 0 Å². The molecule has 2 fully saturated rings. The molecule has 1 saturated heterocycles. The van der Waals surface area contributed by atoms with Crippen LogP contribution < -0.4 is 16.0 Å². The van der Waals surface area contributed by atoms with Crippen molar-refractivity contribution in [2.75, 3.05) is 56.8 Å². The van der Waals surface area contributed by atoms with Crippen molar-refractivity contribution in [3.05, 3.63) is 71.8 Å². The number of rotatable bonds is 18. The summed E-state index contributed by atoms with van der Waals surface area (Å²) in [7, 11) is 0. The molecule has 3 amide bonds. The molecule has 2 aliphatic heterocycles. The van der Waals surface area contributed by atoms with E-state index in [1.165, 1.54) is 6.20 Å². The van der Waals surface area contributed by atoms with Gasteiger partial charge in [0.25, 0.3) is 5.91 Å². The fourth-order valence-electron chi connectivity index (χ4n) is 6.79. The zero-order valence-corrected chi connectivity index (χ0v) is 30.8. The SMILES string of the molecule is N#Cc1cnc2c(cnn2-c2cc(NC3CC3)c(-c3cn(CCOCCOCCOCCNc4cccc5c4C(=O)N(C4CCC(=O)NC4=O)C5O)nn3)cn2)c1. The van der Waals surface area contributed by atoms with E-state index in [1.54, 1.807) is 46.0 Å². The molecule has 4 N–H and O–H groups in total. The van der Waals surface area contributed by atoms with Gasteiger partial charge in [-0.2, -0.15) is 15.0 Å². The Morgan fingerprint density at radius 2 is 1.75 bits per heavy atom. The van der Waals surface area contributed by atoms with Gasteiger partial charge in [-0.15, -0.1) is 5.10 Å². The first kappa shape index (κ1) is 37.6. The number of carbonyl (C=O) groups is 3. The monoisotopic (exact) mass is 776 g/mol. The van der Waals surface area contributed by atoms with Crippen molar-refractivity contribution in [1.82, 2.24) is 45.0 Å². The molecule has 0 spiro atoms. The number of hydrogen-bond donors (Lipinski definition) is 4. The number of aliphatic hydroxyl groups is 1. The highest BCUT2D eigenvalue weighted by Crippen LogP contribution is 2.39. The van der Waals surface area contributed by atoms with Crippen LogP contribution in [0.4, 0.5) is 11.4 Å². The summed E-state index contributed by atoms with van der Waals surface area (Å²) in [4.78, 5) is 47.5. The number of benzene rings is 1. The zero-order valence-electron chi connectivity index (χ0n) is 30.8. The van der Waals surface area contributed by atoms with E-state index in [4.69, 9.17) is 14.2 Å². The molecular weight excluding hydrogens is 736 g/mol. The molecule has 3 aliphatic rings. The van der Waals surface area contributed by atoms with E-state index in [0.29, 0.717) is 98.3 Å². The first-order valence-electron chi connectivity index (χ1n) is 18.7. The third kappa shape index (κ3) is 8.29. The van der Waals surface area contributed by atoms with Gasteiger partial charge in [0, 0.05) is 65.4 Å². The van der Waals surface area contributed by atoms with Gasteiger partial charge in [-0.1, -0.05) is 17.3 Å². The highest BCUT2D eigenvalue weighted by molar-refractivity contribution is 6.08. The number of nitrogens with one attached hydrogen (secondary N) is 3. The second-order valence-electron chi connectivity index (χ2n) is 13.8. The van der Waals surface area contributed by atoms with E-state index < -0.39 is 30.0 Å². The number of piperidine rings is 1. The Morgan fingerprint density at radius 1 is 0.947 bits per heavy atom. The highest BCUT2D eigenvalue weighted by atomic mass is 16.5. The zero-order chi connectivity index (χ0) is 39.3. The number of fused-ring (bicyclic) bond motifs is 2. The van der Waals surface area contributed by atoms with E-state index >= 15 is 0 Å². The predicted molar refractivity (Wildman–Crippen MR) is 202 cm³/mol. The smallest absolute Gasteiger partial charge is 0.259 e. The molecular formula is C38H40N12O7. The fraction of sp³-hybridized carbons (Fsp3) is 0.395. The van der Waals surface area contributed by atoms with Crippen LogP contribution in [0, 0.1) is 11.3 Å². The van der Waals surface area contributed by atoms with Gasteiger partial charge in [0.05, 0.1) is 69.7 Å². The summed E-state index contributed by atoms with van der Waals surface area (Å²) < 4.78 is 20.4. The van der Waals surface area contributed by atoms with E-state index in [2.05, 4.69) is 47.4 Å². The van der Waals surface area contributed by atoms with Crippen molar-refractivity contribution < 1.29 is 33.7 Å². The molecule has 4 aromatic heterocycles. The minimum absolute atomic E-state index is 0.100. The van der Waals surface area contributed by atoms with Crippen LogP contribution in [0.5, 0.6) is 0 Å². The van der Waals surface area contributed by atoms with E-state index in [0.717, 1.165) is 34.4 Å². The van der Waals surface area contributed by atoms with Gasteiger partial charge in [-0.3, -0.25) is 24.6 Å². The number of nitrogens with zero attached hydrogens (tertiary/aromatic N) is 9. The topological polar surface area (TPSA) is 237 Å². The lowest BCUT2D eigenvalue weighted by Gasteiger charge is -2.31. The Balaban J connectivity index is 0.733. The normalized spacial score (nSPS) is 17.8. The van der Waals surface area contributed by atoms with Crippen LogP contribution in [-0.4, -0.2) is 121 Å². The summed E-state index contributed by atoms with van der Waals surface area (Å²) in [5.74, 6) is -0.854. The average Bonchev–Trinajstić information content (AvgIpc) is 3.62. The summed E-state index contributed by atoms with van der Waals surface area (Å²) in [6.07, 6.45) is 7.95. The lowest BCUT2D eigenvalue weighted by molar-refractivity contribution is -0.139. The Bertz CT molecular complexity index is 2330. The second kappa shape index (κ2) is 16.8. The molecule has 19 heteroatoms. The molecule has 294 valence electrons. The third-order valence-electron chi connectivity index (χ3n) is 9.80. The standard InChI is InChI=1S/C38H40N12O7/c39-18-23-16-24-20-43-50(35(24)42-19-23)32-17-29(44-25-4-5-25)27(21-41-32)30-22-48(47-46-30)9-11-56-13-15-57-14-12-55-10-8-40-28-3-1-2-26-34(28)38(54)49(37(26)53)31-6-7-33(51)45-36(31)52/h1-3,16-17,19-22,25,31,37,40,53H,4-15H2,(H,41,44)(H,45,51,52). The molecule has 8 rings (SSSR count). The number of nitriles is 1. The average molecular weight is 777 g/mol. The number of imide groups is 1. The number of carbonyl (C=O) groups excluding carboxylic acids is 3. The summed E-state index contributed by atoms with van der Waals surface area (Å²) >= 11 is 0. The Labute approximate surface area is 325 Å². The molecule has 0 bridgehead atoms. The van der Waals surface area contributed by atoms with Gasteiger partial charge in [0.15, 0.2) is 17.7 Å². The van der Waals surface area contributed by atoms with Gasteiger partial charge >= 0.3 is 0 Å². The molecule has 1 aliphatic carbocycles. The molecule has 19 nitrogen and oxygen atoms in total. The molecule has 2 atom stereocenters. The third-order valence-corrected chi connectivity index (χ3v) is 9.80. The van der Waals surface area contributed by atoms with Crippen LogP contribution in [-0.2, 0) is 30.3 Å².